The van der Waals surface area contributed by atoms with E-state index in [-0.39, 0.29) is 12.5 Å². The average Bonchev–Trinajstić information content (AvgIpc) is 3.09. The number of nitrogens with one attached hydrogen (secondary N) is 1. The van der Waals surface area contributed by atoms with Gasteiger partial charge < -0.3 is 4.74 Å². The van der Waals surface area contributed by atoms with Gasteiger partial charge >= 0.3 is 0 Å². The Morgan fingerprint density at radius 1 is 1.28 bits per heavy atom. The highest BCUT2D eigenvalue weighted by Gasteiger charge is 2.09. The number of carbonyl (C=O) groups is 1. The molecule has 25 heavy (non-hydrogen) atoms. The van der Waals surface area contributed by atoms with E-state index in [0.29, 0.717) is 21.5 Å². The first-order valence-corrected chi connectivity index (χ1v) is 8.54. The van der Waals surface area contributed by atoms with Gasteiger partial charge in [0.1, 0.15) is 5.75 Å². The lowest BCUT2D eigenvalue weighted by molar-refractivity contribution is -0.118. The van der Waals surface area contributed by atoms with Gasteiger partial charge in [0.15, 0.2) is 11.7 Å². The van der Waals surface area contributed by atoms with Gasteiger partial charge in [-0.2, -0.15) is 5.26 Å². The molecule has 5 nitrogen and oxygen atoms in total. The Morgan fingerprint density at radius 2 is 2.08 bits per heavy atom. The molecular formula is C18H12ClN3O2S. The van der Waals surface area contributed by atoms with Gasteiger partial charge in [0, 0.05) is 16.0 Å². The molecule has 124 valence electrons. The summed E-state index contributed by atoms with van der Waals surface area (Å²) in [5, 5.41) is 14.4. The van der Waals surface area contributed by atoms with Crippen molar-refractivity contribution in [2.75, 3.05) is 11.9 Å². The Bertz CT molecular complexity index is 932. The number of ether oxygens (including phenoxy) is 1. The quantitative estimate of drug-likeness (QED) is 0.725. The Labute approximate surface area is 153 Å². The first-order valence-electron chi connectivity index (χ1n) is 7.28. The molecule has 0 atom stereocenters. The summed E-state index contributed by atoms with van der Waals surface area (Å²) in [6, 6.07) is 15.9. The number of rotatable bonds is 5. The smallest absolute Gasteiger partial charge is 0.264 e. The number of halogens is 1. The number of carbonyl (C=O) groups excluding carboxylic acids is 1. The predicted molar refractivity (Wildman–Crippen MR) is 97.8 cm³/mol. The fourth-order valence-corrected chi connectivity index (χ4v) is 2.97. The van der Waals surface area contributed by atoms with E-state index in [4.69, 9.17) is 21.6 Å². The fourth-order valence-electron chi connectivity index (χ4n) is 2.04. The van der Waals surface area contributed by atoms with Crippen molar-refractivity contribution in [2.45, 2.75) is 0 Å². The minimum absolute atomic E-state index is 0.141. The van der Waals surface area contributed by atoms with Crippen LogP contribution in [0.15, 0.2) is 53.9 Å². The molecule has 1 aromatic heterocycles. The van der Waals surface area contributed by atoms with Crippen LogP contribution in [0.4, 0.5) is 5.13 Å². The summed E-state index contributed by atoms with van der Waals surface area (Å²) in [5.74, 6) is 0.212. The van der Waals surface area contributed by atoms with E-state index in [0.717, 1.165) is 11.3 Å². The number of hydrogen-bond donors (Lipinski definition) is 1. The van der Waals surface area contributed by atoms with Crippen LogP contribution in [-0.4, -0.2) is 17.5 Å². The summed E-state index contributed by atoms with van der Waals surface area (Å²) >= 11 is 7.30. The molecule has 0 saturated heterocycles. The van der Waals surface area contributed by atoms with E-state index >= 15 is 0 Å². The molecular weight excluding hydrogens is 358 g/mol. The lowest BCUT2D eigenvalue weighted by Crippen LogP contribution is -2.20. The monoisotopic (exact) mass is 369 g/mol. The van der Waals surface area contributed by atoms with E-state index in [9.17, 15) is 4.79 Å². The summed E-state index contributed by atoms with van der Waals surface area (Å²) in [6.07, 6.45) is 0. The maximum atomic E-state index is 12.0. The standard InChI is InChI=1S/C18H12ClN3O2S/c19-14-3-1-2-13(8-14)16-11-25-18(21-16)22-17(23)10-24-15-6-4-12(9-20)5-7-15/h1-8,11H,10H2,(H,21,22,23). The highest BCUT2D eigenvalue weighted by Crippen LogP contribution is 2.26. The molecule has 0 fully saturated rings. The second-order valence-corrected chi connectivity index (χ2v) is 6.32. The minimum Gasteiger partial charge on any atom is -0.484 e. The van der Waals surface area contributed by atoms with E-state index in [1.54, 1.807) is 30.3 Å². The topological polar surface area (TPSA) is 75.0 Å². The van der Waals surface area contributed by atoms with Crippen LogP contribution in [0.25, 0.3) is 11.3 Å². The van der Waals surface area contributed by atoms with Crippen LogP contribution in [0.3, 0.4) is 0 Å². The van der Waals surface area contributed by atoms with E-state index in [1.165, 1.54) is 11.3 Å². The molecule has 3 aromatic rings. The third kappa shape index (κ3) is 4.57. The van der Waals surface area contributed by atoms with Gasteiger partial charge in [-0.05, 0) is 36.4 Å². The first kappa shape index (κ1) is 17.0. The van der Waals surface area contributed by atoms with Gasteiger partial charge in [0.2, 0.25) is 0 Å². The highest BCUT2D eigenvalue weighted by molar-refractivity contribution is 7.14. The van der Waals surface area contributed by atoms with Crippen LogP contribution < -0.4 is 10.1 Å². The summed E-state index contributed by atoms with van der Waals surface area (Å²) in [4.78, 5) is 16.3. The van der Waals surface area contributed by atoms with Crippen molar-refractivity contribution in [2.24, 2.45) is 0 Å². The van der Waals surface area contributed by atoms with E-state index in [1.807, 2.05) is 29.6 Å². The second-order valence-electron chi connectivity index (χ2n) is 5.02. The molecule has 0 aliphatic carbocycles. The zero-order valence-corrected chi connectivity index (χ0v) is 14.5. The Morgan fingerprint density at radius 3 is 2.80 bits per heavy atom. The van der Waals surface area contributed by atoms with Crippen molar-refractivity contribution in [3.8, 4) is 23.1 Å². The van der Waals surface area contributed by atoms with Gasteiger partial charge in [-0.15, -0.1) is 11.3 Å². The molecule has 0 unspecified atom stereocenters. The van der Waals surface area contributed by atoms with Crippen LogP contribution >= 0.6 is 22.9 Å². The zero-order valence-electron chi connectivity index (χ0n) is 12.9. The highest BCUT2D eigenvalue weighted by atomic mass is 35.5. The number of anilines is 1. The maximum absolute atomic E-state index is 12.0. The molecule has 0 radical (unpaired) electrons. The van der Waals surface area contributed by atoms with Crippen molar-refractivity contribution < 1.29 is 9.53 Å². The Balaban J connectivity index is 1.57. The molecule has 3 rings (SSSR count). The van der Waals surface area contributed by atoms with Crippen molar-refractivity contribution in [1.82, 2.24) is 4.98 Å². The molecule has 1 N–H and O–H groups in total. The molecule has 1 heterocycles. The number of benzene rings is 2. The van der Waals surface area contributed by atoms with Gasteiger partial charge in [0.05, 0.1) is 17.3 Å². The number of nitriles is 1. The van der Waals surface area contributed by atoms with Crippen LogP contribution in [-0.2, 0) is 4.79 Å². The number of amides is 1. The van der Waals surface area contributed by atoms with Gasteiger partial charge in [-0.25, -0.2) is 4.98 Å². The van der Waals surface area contributed by atoms with Crippen molar-refractivity contribution in [3.05, 3.63) is 64.5 Å². The van der Waals surface area contributed by atoms with Crippen LogP contribution in [0.2, 0.25) is 5.02 Å². The van der Waals surface area contributed by atoms with Gasteiger partial charge in [0.25, 0.3) is 5.91 Å². The zero-order chi connectivity index (χ0) is 17.6. The third-order valence-corrected chi connectivity index (χ3v) is 4.22. The normalized spacial score (nSPS) is 10.1. The number of nitrogens with zero attached hydrogens (tertiary/aromatic N) is 2. The molecule has 1 amide bonds. The molecule has 2 aromatic carbocycles. The number of hydrogen-bond acceptors (Lipinski definition) is 5. The molecule has 0 saturated carbocycles. The van der Waals surface area contributed by atoms with Gasteiger partial charge in [-0.3, -0.25) is 10.1 Å². The second kappa shape index (κ2) is 7.79. The lowest BCUT2D eigenvalue weighted by Gasteiger charge is -2.05. The molecule has 0 aliphatic heterocycles. The maximum Gasteiger partial charge on any atom is 0.264 e. The predicted octanol–water partition coefficient (Wildman–Crippen LogP) is 4.35. The van der Waals surface area contributed by atoms with Crippen LogP contribution in [0.1, 0.15) is 5.56 Å². The van der Waals surface area contributed by atoms with E-state index < -0.39 is 0 Å². The Hall–Kier alpha value is -2.88. The average molecular weight is 370 g/mol. The Kier molecular flexibility index (Phi) is 5.29. The molecule has 7 heteroatoms. The summed E-state index contributed by atoms with van der Waals surface area (Å²) in [7, 11) is 0. The minimum atomic E-state index is -0.309. The van der Waals surface area contributed by atoms with Crippen LogP contribution in [0, 0.1) is 11.3 Å². The van der Waals surface area contributed by atoms with Crippen LogP contribution in [0.5, 0.6) is 5.75 Å². The van der Waals surface area contributed by atoms with Crippen molar-refractivity contribution in [3.63, 3.8) is 0 Å². The van der Waals surface area contributed by atoms with Crippen molar-refractivity contribution >= 4 is 34.0 Å². The SMILES string of the molecule is N#Cc1ccc(OCC(=O)Nc2nc(-c3cccc(Cl)c3)cs2)cc1. The van der Waals surface area contributed by atoms with Crippen molar-refractivity contribution in [1.29, 1.82) is 5.26 Å². The largest absolute Gasteiger partial charge is 0.484 e. The fraction of sp³-hybridized carbons (Fsp3) is 0.0556. The number of thiazole rings is 1. The molecule has 0 spiro atoms. The summed E-state index contributed by atoms with van der Waals surface area (Å²) < 4.78 is 5.38. The first-order chi connectivity index (χ1) is 12.1. The molecule has 0 aliphatic rings. The summed E-state index contributed by atoms with van der Waals surface area (Å²) in [6.45, 7) is -0.141. The number of aromatic nitrogens is 1. The summed E-state index contributed by atoms with van der Waals surface area (Å²) in [5.41, 5.74) is 2.17. The lowest BCUT2D eigenvalue weighted by atomic mass is 10.2. The van der Waals surface area contributed by atoms with E-state index in [2.05, 4.69) is 10.3 Å². The van der Waals surface area contributed by atoms with Gasteiger partial charge in [-0.1, -0.05) is 23.7 Å². The molecule has 0 bridgehead atoms. The third-order valence-electron chi connectivity index (χ3n) is 3.22.